The van der Waals surface area contributed by atoms with Gasteiger partial charge >= 0.3 is 5.97 Å². The molecule has 110 valence electrons. The number of halogens is 1. The van der Waals surface area contributed by atoms with E-state index < -0.39 is 11.4 Å². The molecule has 5 nitrogen and oxygen atoms in total. The van der Waals surface area contributed by atoms with Gasteiger partial charge in [-0.3, -0.25) is 9.48 Å². The molecule has 0 amide bonds. The summed E-state index contributed by atoms with van der Waals surface area (Å²) in [6.07, 6.45) is 3.42. The van der Waals surface area contributed by atoms with Crippen LogP contribution in [0, 0.1) is 5.41 Å². The Morgan fingerprint density at radius 1 is 1.60 bits per heavy atom. The summed E-state index contributed by atoms with van der Waals surface area (Å²) in [5, 5.41) is 14.7. The van der Waals surface area contributed by atoms with Gasteiger partial charge in [-0.2, -0.15) is 5.10 Å². The van der Waals surface area contributed by atoms with Crippen molar-refractivity contribution in [3.63, 3.8) is 0 Å². The summed E-state index contributed by atoms with van der Waals surface area (Å²) < 4.78 is 7.50. The van der Waals surface area contributed by atoms with Gasteiger partial charge in [0, 0.05) is 13.5 Å². The molecular weight excluding hydrogens is 280 g/mol. The van der Waals surface area contributed by atoms with Gasteiger partial charge in [0.25, 0.3) is 0 Å². The van der Waals surface area contributed by atoms with Crippen molar-refractivity contribution in [1.29, 1.82) is 0 Å². The summed E-state index contributed by atoms with van der Waals surface area (Å²) in [4.78, 5) is 11.9. The number of aliphatic carboxylic acids is 1. The first kappa shape index (κ1) is 13.9. The molecule has 0 aromatic carbocycles. The van der Waals surface area contributed by atoms with Crippen LogP contribution in [-0.2, 0) is 29.4 Å². The molecule has 3 unspecified atom stereocenters. The van der Waals surface area contributed by atoms with Crippen LogP contribution in [0.4, 0.5) is 0 Å². The van der Waals surface area contributed by atoms with E-state index in [1.54, 1.807) is 4.68 Å². The highest BCUT2D eigenvalue weighted by Crippen LogP contribution is 2.50. The molecule has 2 bridgehead atoms. The van der Waals surface area contributed by atoms with Gasteiger partial charge in [0.2, 0.25) is 0 Å². The lowest BCUT2D eigenvalue weighted by molar-refractivity contribution is -0.152. The molecule has 1 aromatic heterocycles. The van der Waals surface area contributed by atoms with Gasteiger partial charge in [0.1, 0.15) is 5.41 Å². The molecule has 2 aliphatic heterocycles. The maximum absolute atomic E-state index is 11.9. The molecule has 0 saturated carbocycles. The van der Waals surface area contributed by atoms with Gasteiger partial charge in [0.05, 0.1) is 28.6 Å². The highest BCUT2D eigenvalue weighted by Gasteiger charge is 2.57. The third-order valence-electron chi connectivity index (χ3n) is 4.73. The van der Waals surface area contributed by atoms with E-state index in [9.17, 15) is 9.90 Å². The second kappa shape index (κ2) is 4.74. The maximum Gasteiger partial charge on any atom is 0.312 e. The molecule has 0 spiro atoms. The SMILES string of the molecule is CCc1nn(C)c(CC2(C(=O)O)CC3CCC2O3)c1Cl. The standard InChI is InChI=1S/C14H19ClN2O3/c1-3-9-12(15)10(17(2)16-9)7-14(13(18)19)6-8-4-5-11(14)20-8/h8,11H,3-7H2,1-2H3,(H,18,19). The highest BCUT2D eigenvalue weighted by atomic mass is 35.5. The number of carboxylic acids is 1. The van der Waals surface area contributed by atoms with Gasteiger partial charge in [-0.1, -0.05) is 18.5 Å². The van der Waals surface area contributed by atoms with Crippen LogP contribution in [0.15, 0.2) is 0 Å². The number of carbonyl (C=O) groups is 1. The lowest BCUT2D eigenvalue weighted by atomic mass is 9.71. The van der Waals surface area contributed by atoms with Crippen molar-refractivity contribution in [2.45, 2.75) is 51.2 Å². The summed E-state index contributed by atoms with van der Waals surface area (Å²) in [7, 11) is 1.82. The Hall–Kier alpha value is -1.07. The smallest absolute Gasteiger partial charge is 0.312 e. The van der Waals surface area contributed by atoms with Crippen LogP contribution in [0.1, 0.15) is 37.6 Å². The Balaban J connectivity index is 1.96. The molecular formula is C14H19ClN2O3. The average molecular weight is 299 g/mol. The zero-order valence-electron chi connectivity index (χ0n) is 11.7. The van der Waals surface area contributed by atoms with Gasteiger partial charge in [-0.05, 0) is 25.7 Å². The number of hydrogen-bond acceptors (Lipinski definition) is 3. The van der Waals surface area contributed by atoms with Crippen LogP contribution in [0.2, 0.25) is 5.02 Å². The van der Waals surface area contributed by atoms with Gasteiger partial charge in [-0.15, -0.1) is 0 Å². The molecule has 1 aromatic rings. The van der Waals surface area contributed by atoms with Crippen molar-refractivity contribution in [3.05, 3.63) is 16.4 Å². The van der Waals surface area contributed by atoms with Crippen molar-refractivity contribution in [1.82, 2.24) is 9.78 Å². The molecule has 2 fully saturated rings. The van der Waals surface area contributed by atoms with E-state index in [-0.39, 0.29) is 12.2 Å². The number of aromatic nitrogens is 2. The number of carboxylic acid groups (broad SMARTS) is 1. The predicted molar refractivity (Wildman–Crippen MR) is 73.9 cm³/mol. The minimum absolute atomic E-state index is 0.0914. The molecule has 0 aliphatic carbocycles. The van der Waals surface area contributed by atoms with Crippen molar-refractivity contribution >= 4 is 17.6 Å². The van der Waals surface area contributed by atoms with E-state index in [4.69, 9.17) is 16.3 Å². The van der Waals surface area contributed by atoms with Crippen molar-refractivity contribution in [2.75, 3.05) is 0 Å². The highest BCUT2D eigenvalue weighted by molar-refractivity contribution is 6.31. The van der Waals surface area contributed by atoms with Crippen LogP contribution in [0.25, 0.3) is 0 Å². The molecule has 20 heavy (non-hydrogen) atoms. The number of aryl methyl sites for hydroxylation is 2. The maximum atomic E-state index is 11.9. The van der Waals surface area contributed by atoms with Crippen molar-refractivity contribution in [3.8, 4) is 0 Å². The molecule has 3 rings (SSSR count). The fourth-order valence-electron chi connectivity index (χ4n) is 3.60. The Morgan fingerprint density at radius 3 is 2.80 bits per heavy atom. The third-order valence-corrected chi connectivity index (χ3v) is 5.16. The summed E-state index contributed by atoms with van der Waals surface area (Å²) in [5.41, 5.74) is 0.793. The first-order valence-electron chi connectivity index (χ1n) is 7.07. The normalized spacial score (nSPS) is 31.9. The van der Waals surface area contributed by atoms with Gasteiger partial charge in [-0.25, -0.2) is 0 Å². The van der Waals surface area contributed by atoms with E-state index in [2.05, 4.69) is 5.10 Å². The Bertz CT molecular complexity index is 557. The molecule has 2 aliphatic rings. The molecule has 3 heterocycles. The average Bonchev–Trinajstić information content (AvgIpc) is 3.07. The number of ether oxygens (including phenoxy) is 1. The van der Waals surface area contributed by atoms with Crippen LogP contribution < -0.4 is 0 Å². The fraction of sp³-hybridized carbons (Fsp3) is 0.714. The molecule has 6 heteroatoms. The Kier molecular flexibility index (Phi) is 3.29. The Morgan fingerprint density at radius 2 is 2.35 bits per heavy atom. The minimum Gasteiger partial charge on any atom is -0.481 e. The van der Waals surface area contributed by atoms with E-state index in [1.165, 1.54) is 0 Å². The van der Waals surface area contributed by atoms with Crippen LogP contribution in [-0.4, -0.2) is 33.1 Å². The fourth-order valence-corrected chi connectivity index (χ4v) is 3.96. The molecule has 0 radical (unpaired) electrons. The van der Waals surface area contributed by atoms with E-state index in [1.807, 2.05) is 14.0 Å². The zero-order valence-corrected chi connectivity index (χ0v) is 12.5. The number of hydrogen-bond donors (Lipinski definition) is 1. The first-order chi connectivity index (χ1) is 9.48. The number of nitrogens with zero attached hydrogens (tertiary/aromatic N) is 2. The molecule has 2 saturated heterocycles. The number of rotatable bonds is 4. The third kappa shape index (κ3) is 1.87. The molecule has 1 N–H and O–H groups in total. The summed E-state index contributed by atoms with van der Waals surface area (Å²) in [6.45, 7) is 1.99. The lowest BCUT2D eigenvalue weighted by Gasteiger charge is -2.31. The van der Waals surface area contributed by atoms with Crippen molar-refractivity contribution < 1.29 is 14.6 Å². The topological polar surface area (TPSA) is 64.4 Å². The van der Waals surface area contributed by atoms with E-state index in [0.717, 1.165) is 30.7 Å². The van der Waals surface area contributed by atoms with Crippen LogP contribution in [0.3, 0.4) is 0 Å². The van der Waals surface area contributed by atoms with Crippen LogP contribution >= 0.6 is 11.6 Å². The summed E-state index contributed by atoms with van der Waals surface area (Å²) in [6, 6.07) is 0. The lowest BCUT2D eigenvalue weighted by Crippen LogP contribution is -2.42. The van der Waals surface area contributed by atoms with E-state index in [0.29, 0.717) is 17.9 Å². The van der Waals surface area contributed by atoms with Gasteiger partial charge < -0.3 is 9.84 Å². The number of fused-ring (bicyclic) bond motifs is 2. The second-order valence-corrected chi connectivity index (χ2v) is 6.23. The van der Waals surface area contributed by atoms with Gasteiger partial charge in [0.15, 0.2) is 0 Å². The molecule has 3 atom stereocenters. The largest absolute Gasteiger partial charge is 0.481 e. The second-order valence-electron chi connectivity index (χ2n) is 5.85. The van der Waals surface area contributed by atoms with Crippen molar-refractivity contribution in [2.24, 2.45) is 12.5 Å². The minimum atomic E-state index is -0.842. The summed E-state index contributed by atoms with van der Waals surface area (Å²) >= 11 is 6.36. The first-order valence-corrected chi connectivity index (χ1v) is 7.45. The zero-order chi connectivity index (χ0) is 14.5. The summed E-state index contributed by atoms with van der Waals surface area (Å²) in [5.74, 6) is -0.778. The van der Waals surface area contributed by atoms with E-state index >= 15 is 0 Å². The quantitative estimate of drug-likeness (QED) is 0.925. The monoisotopic (exact) mass is 298 g/mol. The Labute approximate surface area is 122 Å². The predicted octanol–water partition coefficient (Wildman–Crippen LogP) is 2.20. The van der Waals surface area contributed by atoms with Crippen LogP contribution in [0.5, 0.6) is 0 Å².